The maximum atomic E-state index is 12.9. The maximum Gasteiger partial charge on any atom is 0.265 e. The summed E-state index contributed by atoms with van der Waals surface area (Å²) in [6, 6.07) is 22.8. The Kier molecular flexibility index (Phi) is 4.81. The molecule has 0 spiro atoms. The average Bonchev–Trinajstić information content (AvgIpc) is 2.70. The highest BCUT2D eigenvalue weighted by molar-refractivity contribution is 6.06. The summed E-state index contributed by atoms with van der Waals surface area (Å²) < 4.78 is 5.55. The molecule has 3 aromatic carbocycles. The van der Waals surface area contributed by atoms with Gasteiger partial charge in [-0.25, -0.2) is 0 Å². The Labute approximate surface area is 163 Å². The van der Waals surface area contributed by atoms with Gasteiger partial charge in [0.2, 0.25) is 0 Å². The van der Waals surface area contributed by atoms with Crippen LogP contribution in [0.5, 0.6) is 5.75 Å². The Balaban J connectivity index is 1.55. The van der Waals surface area contributed by atoms with Gasteiger partial charge in [-0.05, 0) is 48.7 Å². The van der Waals surface area contributed by atoms with Crippen molar-refractivity contribution < 1.29 is 14.3 Å². The third kappa shape index (κ3) is 3.74. The van der Waals surface area contributed by atoms with Crippen LogP contribution in [0.3, 0.4) is 0 Å². The van der Waals surface area contributed by atoms with Crippen molar-refractivity contribution >= 4 is 23.2 Å². The van der Waals surface area contributed by atoms with Gasteiger partial charge in [0.25, 0.3) is 11.8 Å². The van der Waals surface area contributed by atoms with Crippen LogP contribution in [0.1, 0.15) is 28.4 Å². The molecule has 140 valence electrons. The lowest BCUT2D eigenvalue weighted by molar-refractivity contribution is -0.122. The van der Waals surface area contributed by atoms with Crippen LogP contribution in [0.15, 0.2) is 72.8 Å². The highest BCUT2D eigenvalue weighted by atomic mass is 16.5. The Bertz CT molecular complexity index is 1030. The first kappa shape index (κ1) is 17.8. The number of nitrogens with one attached hydrogen (secondary N) is 2. The van der Waals surface area contributed by atoms with E-state index < -0.39 is 6.10 Å². The fourth-order valence-electron chi connectivity index (χ4n) is 3.20. The number of ether oxygens (including phenoxy) is 1. The summed E-state index contributed by atoms with van der Waals surface area (Å²) in [5.74, 6) is 0.196. The van der Waals surface area contributed by atoms with Crippen molar-refractivity contribution in [3.05, 3.63) is 89.5 Å². The van der Waals surface area contributed by atoms with Gasteiger partial charge in [0, 0.05) is 11.3 Å². The first-order chi connectivity index (χ1) is 13.6. The van der Waals surface area contributed by atoms with Gasteiger partial charge in [-0.2, -0.15) is 0 Å². The van der Waals surface area contributed by atoms with Crippen molar-refractivity contribution in [2.75, 3.05) is 10.6 Å². The molecule has 5 heteroatoms. The molecule has 0 aliphatic carbocycles. The summed E-state index contributed by atoms with van der Waals surface area (Å²) in [6.45, 7) is 1.69. The Morgan fingerprint density at radius 2 is 1.79 bits per heavy atom. The number of benzene rings is 3. The van der Waals surface area contributed by atoms with Gasteiger partial charge in [0.15, 0.2) is 6.10 Å². The van der Waals surface area contributed by atoms with Crippen LogP contribution in [-0.4, -0.2) is 17.9 Å². The minimum Gasteiger partial charge on any atom is -0.479 e. The van der Waals surface area contributed by atoms with Crippen molar-refractivity contribution in [1.82, 2.24) is 0 Å². The Morgan fingerprint density at radius 1 is 1.04 bits per heavy atom. The van der Waals surface area contributed by atoms with E-state index in [-0.39, 0.29) is 11.8 Å². The van der Waals surface area contributed by atoms with Gasteiger partial charge >= 0.3 is 0 Å². The minimum absolute atomic E-state index is 0.192. The van der Waals surface area contributed by atoms with Crippen molar-refractivity contribution in [3.8, 4) is 5.75 Å². The molecular formula is C23H20N2O3. The molecule has 0 aromatic heterocycles. The van der Waals surface area contributed by atoms with E-state index in [4.69, 9.17) is 4.74 Å². The molecule has 0 radical (unpaired) electrons. The molecule has 3 aromatic rings. The van der Waals surface area contributed by atoms with Gasteiger partial charge in [-0.15, -0.1) is 0 Å². The lowest BCUT2D eigenvalue weighted by Crippen LogP contribution is -2.34. The summed E-state index contributed by atoms with van der Waals surface area (Å²) >= 11 is 0. The van der Waals surface area contributed by atoms with E-state index in [1.54, 1.807) is 25.1 Å². The van der Waals surface area contributed by atoms with E-state index in [0.717, 1.165) is 11.1 Å². The monoisotopic (exact) mass is 372 g/mol. The van der Waals surface area contributed by atoms with Crippen molar-refractivity contribution in [3.63, 3.8) is 0 Å². The number of carbonyl (C=O) groups is 2. The predicted octanol–water partition coefficient (Wildman–Crippen LogP) is 4.25. The van der Waals surface area contributed by atoms with Crippen LogP contribution in [-0.2, 0) is 11.2 Å². The molecule has 0 saturated heterocycles. The molecule has 1 unspecified atom stereocenters. The quantitative estimate of drug-likeness (QED) is 0.719. The van der Waals surface area contributed by atoms with Gasteiger partial charge in [-0.1, -0.05) is 48.5 Å². The van der Waals surface area contributed by atoms with Crippen LogP contribution in [0.25, 0.3) is 0 Å². The Morgan fingerprint density at radius 3 is 2.61 bits per heavy atom. The van der Waals surface area contributed by atoms with E-state index in [1.165, 1.54) is 0 Å². The fourth-order valence-corrected chi connectivity index (χ4v) is 3.20. The van der Waals surface area contributed by atoms with Gasteiger partial charge in [0.05, 0.1) is 5.69 Å². The molecule has 0 bridgehead atoms. The average molecular weight is 372 g/mol. The van der Waals surface area contributed by atoms with Crippen LogP contribution < -0.4 is 15.4 Å². The second-order valence-corrected chi connectivity index (χ2v) is 6.73. The summed E-state index contributed by atoms with van der Waals surface area (Å²) in [6.07, 6.45) is 0.147. The second kappa shape index (κ2) is 7.56. The lowest BCUT2D eigenvalue weighted by Gasteiger charge is -2.23. The summed E-state index contributed by atoms with van der Waals surface area (Å²) in [5.41, 5.74) is 3.87. The molecule has 2 N–H and O–H groups in total. The fraction of sp³-hybridized carbons (Fsp3) is 0.130. The smallest absolute Gasteiger partial charge is 0.265 e. The number of carbonyl (C=O) groups excluding carboxylic acids is 2. The zero-order valence-corrected chi connectivity index (χ0v) is 15.4. The van der Waals surface area contributed by atoms with Crippen LogP contribution in [0.4, 0.5) is 11.4 Å². The minimum atomic E-state index is -0.530. The highest BCUT2D eigenvalue weighted by Crippen LogP contribution is 2.32. The Hall–Kier alpha value is -3.60. The van der Waals surface area contributed by atoms with Gasteiger partial charge in [-0.3, -0.25) is 9.59 Å². The molecule has 4 rings (SSSR count). The molecule has 0 fully saturated rings. The predicted molar refractivity (Wildman–Crippen MR) is 109 cm³/mol. The van der Waals surface area contributed by atoms with Crippen molar-refractivity contribution in [2.24, 2.45) is 0 Å². The molecule has 5 nitrogen and oxygen atoms in total. The number of hydrogen-bond donors (Lipinski definition) is 2. The molecule has 28 heavy (non-hydrogen) atoms. The standard InChI is InChI=1S/C23H20N2O3/c1-15-22(26)25-20-14-18(11-12-21(20)28-15)24-23(27)19-10-6-5-9-17(19)13-16-7-3-2-4-8-16/h2-12,14-15H,13H2,1H3,(H,24,27)(H,25,26). The van der Waals surface area contributed by atoms with Gasteiger partial charge < -0.3 is 15.4 Å². The number of hydrogen-bond acceptors (Lipinski definition) is 3. The summed E-state index contributed by atoms with van der Waals surface area (Å²) in [7, 11) is 0. The maximum absolute atomic E-state index is 12.9. The first-order valence-electron chi connectivity index (χ1n) is 9.15. The van der Waals surface area contributed by atoms with E-state index in [9.17, 15) is 9.59 Å². The van der Waals surface area contributed by atoms with Gasteiger partial charge in [0.1, 0.15) is 5.75 Å². The van der Waals surface area contributed by atoms with Crippen LogP contribution >= 0.6 is 0 Å². The van der Waals surface area contributed by atoms with E-state index >= 15 is 0 Å². The zero-order chi connectivity index (χ0) is 19.5. The topological polar surface area (TPSA) is 67.4 Å². The third-order valence-corrected chi connectivity index (χ3v) is 4.67. The summed E-state index contributed by atoms with van der Waals surface area (Å²) in [4.78, 5) is 24.7. The highest BCUT2D eigenvalue weighted by Gasteiger charge is 2.23. The first-order valence-corrected chi connectivity index (χ1v) is 9.15. The SMILES string of the molecule is CC1Oc2ccc(NC(=O)c3ccccc3Cc3ccccc3)cc2NC1=O. The molecule has 1 aliphatic heterocycles. The number of rotatable bonds is 4. The molecule has 1 aliphatic rings. The normalized spacial score (nSPS) is 15.2. The third-order valence-electron chi connectivity index (χ3n) is 4.67. The van der Waals surface area contributed by atoms with Crippen molar-refractivity contribution in [1.29, 1.82) is 0 Å². The van der Waals surface area contributed by atoms with E-state index in [2.05, 4.69) is 10.6 Å². The summed E-state index contributed by atoms with van der Waals surface area (Å²) in [5, 5.41) is 5.71. The van der Waals surface area contributed by atoms with E-state index in [0.29, 0.717) is 29.1 Å². The molecule has 0 saturated carbocycles. The van der Waals surface area contributed by atoms with E-state index in [1.807, 2.05) is 54.6 Å². The zero-order valence-electron chi connectivity index (χ0n) is 15.4. The molecule has 1 heterocycles. The number of anilines is 2. The molecular weight excluding hydrogens is 352 g/mol. The molecule has 2 amide bonds. The second-order valence-electron chi connectivity index (χ2n) is 6.73. The van der Waals surface area contributed by atoms with Crippen LogP contribution in [0.2, 0.25) is 0 Å². The molecule has 1 atom stereocenters. The number of fused-ring (bicyclic) bond motifs is 1. The van der Waals surface area contributed by atoms with Crippen LogP contribution in [0, 0.1) is 0 Å². The largest absolute Gasteiger partial charge is 0.479 e. The lowest BCUT2D eigenvalue weighted by atomic mass is 9.99. The van der Waals surface area contributed by atoms with Crippen molar-refractivity contribution in [2.45, 2.75) is 19.4 Å². The number of amides is 2.